The van der Waals surface area contributed by atoms with E-state index in [2.05, 4.69) is 12.2 Å². The van der Waals surface area contributed by atoms with E-state index in [-0.39, 0.29) is 12.5 Å². The Kier molecular flexibility index (Phi) is 9.11. The Morgan fingerprint density at radius 1 is 1.05 bits per heavy atom. The molecule has 0 bridgehead atoms. The number of benzene rings is 2. The molecule has 230 valence electrons. The number of esters is 1. The van der Waals surface area contributed by atoms with E-state index in [1.165, 1.54) is 37.1 Å². The van der Waals surface area contributed by atoms with Gasteiger partial charge in [-0.25, -0.2) is 4.99 Å². The molecule has 1 aromatic heterocycles. The van der Waals surface area contributed by atoms with Crippen molar-refractivity contribution in [2.24, 2.45) is 16.8 Å². The predicted molar refractivity (Wildman–Crippen MR) is 172 cm³/mol. The summed E-state index contributed by atoms with van der Waals surface area (Å²) < 4.78 is 17.9. The van der Waals surface area contributed by atoms with Crippen LogP contribution in [0.25, 0.3) is 10.9 Å². The molecule has 8 nitrogen and oxygen atoms in total. The van der Waals surface area contributed by atoms with E-state index in [4.69, 9.17) is 19.2 Å². The number of nitrogens with one attached hydrogen (secondary N) is 1. The van der Waals surface area contributed by atoms with E-state index in [9.17, 15) is 9.59 Å². The molecule has 0 radical (unpaired) electrons. The maximum atomic E-state index is 13.6. The second-order valence-corrected chi connectivity index (χ2v) is 12.9. The van der Waals surface area contributed by atoms with Crippen LogP contribution < -0.4 is 14.8 Å². The largest absolute Gasteiger partial charge is 0.496 e. The van der Waals surface area contributed by atoms with Crippen molar-refractivity contribution in [1.29, 1.82) is 0 Å². The van der Waals surface area contributed by atoms with Gasteiger partial charge in [-0.2, -0.15) is 0 Å². The Bertz CT molecular complexity index is 1570. The van der Waals surface area contributed by atoms with Crippen LogP contribution in [0.4, 0.5) is 0 Å². The second kappa shape index (κ2) is 12.6. The lowest BCUT2D eigenvalue weighted by atomic mass is 9.88. The van der Waals surface area contributed by atoms with Crippen molar-refractivity contribution in [3.8, 4) is 11.5 Å². The minimum Gasteiger partial charge on any atom is -0.496 e. The van der Waals surface area contributed by atoms with E-state index < -0.39 is 11.5 Å². The first kappa shape index (κ1) is 31.0. The first-order chi connectivity index (χ1) is 20.6. The zero-order valence-corrected chi connectivity index (χ0v) is 27.2. The number of amidine groups is 1. The van der Waals surface area contributed by atoms with E-state index in [1.54, 1.807) is 38.0 Å². The van der Waals surface area contributed by atoms with Gasteiger partial charge in [0, 0.05) is 22.2 Å². The van der Waals surface area contributed by atoms with Crippen LogP contribution in [0.1, 0.15) is 71.8 Å². The van der Waals surface area contributed by atoms with Gasteiger partial charge in [0.2, 0.25) is 0 Å². The van der Waals surface area contributed by atoms with Crippen LogP contribution in [-0.4, -0.2) is 48.7 Å². The summed E-state index contributed by atoms with van der Waals surface area (Å²) in [5, 5.41) is 4.46. The third-order valence-electron chi connectivity index (χ3n) is 9.21. The summed E-state index contributed by atoms with van der Waals surface area (Å²) in [6, 6.07) is 9.85. The number of ether oxygens (including phenoxy) is 3. The third kappa shape index (κ3) is 6.14. The first-order valence-electron chi connectivity index (χ1n) is 15.1. The highest BCUT2D eigenvalue weighted by atomic mass is 32.2. The van der Waals surface area contributed by atoms with Gasteiger partial charge >= 0.3 is 5.97 Å². The Labute approximate surface area is 258 Å². The Morgan fingerprint density at radius 2 is 1.77 bits per heavy atom. The summed E-state index contributed by atoms with van der Waals surface area (Å²) in [5.41, 5.74) is 4.41. The average Bonchev–Trinajstić information content (AvgIpc) is 3.29. The molecule has 3 unspecified atom stereocenters. The predicted octanol–water partition coefficient (Wildman–Crippen LogP) is 6.70. The zero-order valence-electron chi connectivity index (χ0n) is 26.3. The standard InChI is InChI=1S/C28H33N3O5S.C6H10/c1-8-28(20-13-22(34-5)17(3)12-23(20)35-6)15-37-27(30-28)29-26(33)25-18(4)19-11-16(2)9-10-21(19)31(25)14-24(32)36-7;1-2-5-4-6(5)3-1/h9-13H,8,14-15H2,1-7H3,(H,29,30,33);5-6H,1-4H2. The molecular formula is C34H43N3O5S. The van der Waals surface area contributed by atoms with E-state index in [1.807, 2.05) is 51.1 Å². The van der Waals surface area contributed by atoms with Crippen molar-refractivity contribution in [2.75, 3.05) is 27.1 Å². The van der Waals surface area contributed by atoms with Gasteiger partial charge in [0.1, 0.15) is 29.3 Å². The number of thioether (sulfide) groups is 1. The number of amides is 1. The molecule has 1 amide bonds. The summed E-state index contributed by atoms with van der Waals surface area (Å²) in [6.07, 6.45) is 6.95. The Hall–Kier alpha value is -3.46. The molecule has 6 rings (SSSR count). The Balaban J connectivity index is 0.000000537. The van der Waals surface area contributed by atoms with Crippen LogP contribution in [-0.2, 0) is 21.6 Å². The fraction of sp³-hybridized carbons (Fsp3) is 0.500. The van der Waals surface area contributed by atoms with Crippen LogP contribution in [0.2, 0.25) is 0 Å². The number of hydrogen-bond acceptors (Lipinski definition) is 7. The molecule has 2 aromatic carbocycles. The lowest BCUT2D eigenvalue weighted by molar-refractivity contribution is -0.141. The number of carbonyl (C=O) groups excluding carboxylic acids is 2. The number of aliphatic imine (C=N–C) groups is 1. The van der Waals surface area contributed by atoms with Crippen molar-refractivity contribution in [1.82, 2.24) is 9.88 Å². The number of fused-ring (bicyclic) bond motifs is 2. The van der Waals surface area contributed by atoms with Crippen LogP contribution >= 0.6 is 11.8 Å². The monoisotopic (exact) mass is 605 g/mol. The molecule has 3 atom stereocenters. The maximum absolute atomic E-state index is 13.6. The van der Waals surface area contributed by atoms with Gasteiger partial charge in [-0.3, -0.25) is 14.9 Å². The fourth-order valence-corrected chi connectivity index (χ4v) is 7.74. The average molecular weight is 606 g/mol. The topological polar surface area (TPSA) is 91.2 Å². The number of aromatic nitrogens is 1. The molecule has 0 saturated heterocycles. The summed E-state index contributed by atoms with van der Waals surface area (Å²) in [5.74, 6) is 3.83. The molecule has 2 aliphatic carbocycles. The van der Waals surface area contributed by atoms with Crippen LogP contribution in [0.15, 0.2) is 35.3 Å². The normalized spacial score (nSPS) is 21.9. The highest BCUT2D eigenvalue weighted by Gasteiger charge is 2.41. The molecule has 43 heavy (non-hydrogen) atoms. The number of nitrogens with zero attached hydrogens (tertiary/aromatic N) is 2. The Morgan fingerprint density at radius 3 is 2.35 bits per heavy atom. The molecule has 2 fully saturated rings. The van der Waals surface area contributed by atoms with Gasteiger partial charge in [-0.15, -0.1) is 0 Å². The van der Waals surface area contributed by atoms with Gasteiger partial charge in [0.05, 0.1) is 21.3 Å². The molecular weight excluding hydrogens is 562 g/mol. The quantitative estimate of drug-likeness (QED) is 0.302. The molecule has 3 aliphatic rings. The SMILES string of the molecule is C1CC2CC2C1.CCC1(c2cc(OC)c(C)cc2OC)CSC(NC(=O)c2c(C)c3cc(C)ccc3n2CC(=O)OC)=N1. The zero-order chi connectivity index (χ0) is 30.9. The van der Waals surface area contributed by atoms with Gasteiger partial charge in [-0.1, -0.05) is 49.6 Å². The first-order valence-corrected chi connectivity index (χ1v) is 16.1. The summed E-state index contributed by atoms with van der Waals surface area (Å²) >= 11 is 1.49. The molecule has 3 aromatic rings. The number of aryl methyl sites for hydroxylation is 3. The van der Waals surface area contributed by atoms with Crippen molar-refractivity contribution >= 4 is 39.7 Å². The van der Waals surface area contributed by atoms with Crippen molar-refractivity contribution in [2.45, 2.75) is 71.9 Å². The lowest BCUT2D eigenvalue weighted by Gasteiger charge is -2.27. The summed E-state index contributed by atoms with van der Waals surface area (Å²) in [4.78, 5) is 30.9. The number of hydrogen-bond donors (Lipinski definition) is 1. The van der Waals surface area contributed by atoms with Gasteiger partial charge in [0.15, 0.2) is 5.17 Å². The van der Waals surface area contributed by atoms with Crippen LogP contribution in [0.5, 0.6) is 11.5 Å². The smallest absolute Gasteiger partial charge is 0.325 e. The van der Waals surface area contributed by atoms with E-state index in [0.717, 1.165) is 44.7 Å². The third-order valence-corrected chi connectivity index (χ3v) is 10.3. The minimum atomic E-state index is -0.579. The van der Waals surface area contributed by atoms with Gasteiger partial charge in [-0.05, 0) is 80.8 Å². The molecule has 2 heterocycles. The lowest BCUT2D eigenvalue weighted by Crippen LogP contribution is -2.31. The van der Waals surface area contributed by atoms with Crippen LogP contribution in [0, 0.1) is 32.6 Å². The molecule has 1 N–H and O–H groups in total. The van der Waals surface area contributed by atoms with Crippen LogP contribution in [0.3, 0.4) is 0 Å². The number of carbonyl (C=O) groups is 2. The maximum Gasteiger partial charge on any atom is 0.325 e. The minimum absolute atomic E-state index is 0.0640. The van der Waals surface area contributed by atoms with E-state index >= 15 is 0 Å². The van der Waals surface area contributed by atoms with Gasteiger partial charge in [0.25, 0.3) is 5.91 Å². The van der Waals surface area contributed by atoms with Crippen molar-refractivity contribution in [3.05, 3.63) is 58.3 Å². The fourth-order valence-electron chi connectivity index (χ4n) is 6.54. The van der Waals surface area contributed by atoms with Crippen molar-refractivity contribution in [3.63, 3.8) is 0 Å². The highest BCUT2D eigenvalue weighted by molar-refractivity contribution is 8.14. The number of rotatable bonds is 7. The number of methoxy groups -OCH3 is 3. The van der Waals surface area contributed by atoms with E-state index in [0.29, 0.717) is 23.0 Å². The molecule has 1 aliphatic heterocycles. The second-order valence-electron chi connectivity index (χ2n) is 11.9. The summed E-state index contributed by atoms with van der Waals surface area (Å²) in [6.45, 7) is 7.87. The van der Waals surface area contributed by atoms with Gasteiger partial charge < -0.3 is 18.8 Å². The summed E-state index contributed by atoms with van der Waals surface area (Å²) in [7, 11) is 4.63. The molecule has 9 heteroatoms. The highest BCUT2D eigenvalue weighted by Crippen LogP contribution is 2.51. The molecule has 0 spiro atoms. The van der Waals surface area contributed by atoms with Crippen molar-refractivity contribution < 1.29 is 23.8 Å². The molecule has 2 saturated carbocycles.